The quantitative estimate of drug-likeness (QED) is 0.637. The van der Waals surface area contributed by atoms with E-state index >= 15 is 0 Å². The van der Waals surface area contributed by atoms with Crippen molar-refractivity contribution in [3.05, 3.63) is 35.2 Å². The van der Waals surface area contributed by atoms with E-state index in [2.05, 4.69) is 5.32 Å². The Morgan fingerprint density at radius 3 is 2.56 bits per heavy atom. The van der Waals surface area contributed by atoms with Gasteiger partial charge in [-0.1, -0.05) is 0 Å². The van der Waals surface area contributed by atoms with Crippen molar-refractivity contribution in [1.29, 1.82) is 0 Å². The van der Waals surface area contributed by atoms with Crippen LogP contribution in [-0.4, -0.2) is 44.9 Å². The lowest BCUT2D eigenvalue weighted by Gasteiger charge is -2.30. The highest BCUT2D eigenvalue weighted by Gasteiger charge is 2.34. The Hall–Kier alpha value is -2.10. The number of methoxy groups -OCH3 is 1. The molecule has 1 saturated carbocycles. The van der Waals surface area contributed by atoms with Gasteiger partial charge in [0.2, 0.25) is 5.91 Å². The topological polar surface area (TPSA) is 84.9 Å². The number of benzene rings is 1. The van der Waals surface area contributed by atoms with E-state index < -0.39 is 15.9 Å². The van der Waals surface area contributed by atoms with E-state index in [-0.39, 0.29) is 18.6 Å². The number of carbonyl (C=O) groups excluding carboxylic acids is 1. The van der Waals surface area contributed by atoms with Crippen LogP contribution >= 0.6 is 11.3 Å². The Balaban J connectivity index is 1.44. The fourth-order valence-corrected chi connectivity index (χ4v) is 7.29. The van der Waals surface area contributed by atoms with E-state index in [1.165, 1.54) is 15.6 Å². The standard InChI is InChI=1S/C23H30N2O5S2/c1-16-9-12-22(31-16)32(27,28)25-13-5-6-17(15-25)23(26)24-18-10-11-20(29-2)21(14-18)30-19-7-3-4-8-19/h9-12,14,17,19H,3-8,13,15H2,1-2H3,(H,24,26). The average Bonchev–Trinajstić information content (AvgIpc) is 3.46. The molecule has 1 aliphatic heterocycles. The Morgan fingerprint density at radius 2 is 1.88 bits per heavy atom. The number of nitrogens with zero attached hydrogens (tertiary/aromatic N) is 1. The number of nitrogens with one attached hydrogen (secondary N) is 1. The first-order chi connectivity index (χ1) is 15.4. The first-order valence-electron chi connectivity index (χ1n) is 11.1. The number of ether oxygens (including phenoxy) is 2. The molecule has 1 aromatic heterocycles. The van der Waals surface area contributed by atoms with E-state index in [4.69, 9.17) is 9.47 Å². The van der Waals surface area contributed by atoms with Crippen molar-refractivity contribution >= 4 is 33.0 Å². The van der Waals surface area contributed by atoms with Crippen LogP contribution in [0.2, 0.25) is 0 Å². The van der Waals surface area contributed by atoms with Crippen LogP contribution in [0.5, 0.6) is 11.5 Å². The molecule has 9 heteroatoms. The van der Waals surface area contributed by atoms with Crippen LogP contribution in [0.15, 0.2) is 34.5 Å². The predicted octanol–water partition coefficient (Wildman–Crippen LogP) is 4.43. The smallest absolute Gasteiger partial charge is 0.252 e. The van der Waals surface area contributed by atoms with E-state index in [1.54, 1.807) is 37.4 Å². The summed E-state index contributed by atoms with van der Waals surface area (Å²) in [5.74, 6) is 0.680. The number of aryl methyl sites for hydroxylation is 1. The van der Waals surface area contributed by atoms with Gasteiger partial charge in [-0.05, 0) is 69.7 Å². The summed E-state index contributed by atoms with van der Waals surface area (Å²) in [6, 6.07) is 8.81. The van der Waals surface area contributed by atoms with Crippen LogP contribution in [0, 0.1) is 12.8 Å². The van der Waals surface area contributed by atoms with Gasteiger partial charge in [0.05, 0.1) is 19.1 Å². The Bertz CT molecular complexity index is 1060. The van der Waals surface area contributed by atoms with E-state index in [0.717, 1.165) is 30.6 Å². The maximum Gasteiger partial charge on any atom is 0.252 e. The van der Waals surface area contributed by atoms with Crippen LogP contribution in [0.3, 0.4) is 0 Å². The molecule has 1 saturated heterocycles. The largest absolute Gasteiger partial charge is 0.493 e. The molecule has 1 amide bonds. The molecule has 1 aromatic carbocycles. The number of piperidine rings is 1. The van der Waals surface area contributed by atoms with Crippen LogP contribution in [0.25, 0.3) is 0 Å². The molecule has 1 N–H and O–H groups in total. The van der Waals surface area contributed by atoms with Gasteiger partial charge in [-0.15, -0.1) is 11.3 Å². The number of anilines is 1. The molecule has 1 atom stereocenters. The SMILES string of the molecule is COc1ccc(NC(=O)C2CCCN(S(=O)(=O)c3ccc(C)s3)C2)cc1OC1CCCC1. The summed E-state index contributed by atoms with van der Waals surface area (Å²) in [5.41, 5.74) is 0.623. The van der Waals surface area contributed by atoms with Gasteiger partial charge >= 0.3 is 0 Å². The second-order valence-electron chi connectivity index (χ2n) is 8.45. The lowest BCUT2D eigenvalue weighted by molar-refractivity contribution is -0.120. The molecule has 7 nitrogen and oxygen atoms in total. The van der Waals surface area contributed by atoms with Gasteiger partial charge in [-0.2, -0.15) is 4.31 Å². The van der Waals surface area contributed by atoms with Gasteiger partial charge in [0.15, 0.2) is 11.5 Å². The molecular weight excluding hydrogens is 448 g/mol. The monoisotopic (exact) mass is 478 g/mol. The maximum absolute atomic E-state index is 13.0. The third-order valence-electron chi connectivity index (χ3n) is 6.09. The summed E-state index contributed by atoms with van der Waals surface area (Å²) < 4.78 is 39.3. The molecule has 0 radical (unpaired) electrons. The molecule has 2 aliphatic rings. The predicted molar refractivity (Wildman–Crippen MR) is 125 cm³/mol. The molecule has 4 rings (SSSR count). The molecule has 1 aliphatic carbocycles. The van der Waals surface area contributed by atoms with Gasteiger partial charge < -0.3 is 14.8 Å². The highest BCUT2D eigenvalue weighted by Crippen LogP contribution is 2.34. The second-order valence-corrected chi connectivity index (χ2v) is 11.9. The first-order valence-corrected chi connectivity index (χ1v) is 13.3. The van der Waals surface area contributed by atoms with Crippen molar-refractivity contribution in [2.45, 2.75) is 55.8 Å². The molecule has 0 spiro atoms. The fraction of sp³-hybridized carbons (Fsp3) is 0.522. The molecule has 1 unspecified atom stereocenters. The van der Waals surface area contributed by atoms with E-state index in [0.29, 0.717) is 40.8 Å². The minimum absolute atomic E-state index is 0.174. The molecule has 2 fully saturated rings. The zero-order valence-corrected chi connectivity index (χ0v) is 20.1. The van der Waals surface area contributed by atoms with Crippen molar-refractivity contribution in [3.8, 4) is 11.5 Å². The summed E-state index contributed by atoms with van der Waals surface area (Å²) >= 11 is 1.26. The summed E-state index contributed by atoms with van der Waals surface area (Å²) in [4.78, 5) is 13.9. The zero-order chi connectivity index (χ0) is 22.7. The molecular formula is C23H30N2O5S2. The van der Waals surface area contributed by atoms with Crippen LogP contribution in [0.1, 0.15) is 43.4 Å². The highest BCUT2D eigenvalue weighted by atomic mass is 32.2. The number of hydrogen-bond donors (Lipinski definition) is 1. The van der Waals surface area contributed by atoms with Gasteiger partial charge in [0.1, 0.15) is 4.21 Å². The van der Waals surface area contributed by atoms with Crippen molar-refractivity contribution in [1.82, 2.24) is 4.31 Å². The van der Waals surface area contributed by atoms with E-state index in [1.807, 2.05) is 6.92 Å². The van der Waals surface area contributed by atoms with Gasteiger partial charge in [-0.3, -0.25) is 4.79 Å². The normalized spacial score (nSPS) is 20.2. The summed E-state index contributed by atoms with van der Waals surface area (Å²) in [6.45, 7) is 2.51. The average molecular weight is 479 g/mol. The molecule has 2 heterocycles. The minimum atomic E-state index is -3.57. The summed E-state index contributed by atoms with van der Waals surface area (Å²) in [5, 5.41) is 2.95. The first kappa shape index (κ1) is 23.1. The number of rotatable bonds is 7. The second kappa shape index (κ2) is 9.80. The van der Waals surface area contributed by atoms with Crippen molar-refractivity contribution in [2.75, 3.05) is 25.5 Å². The van der Waals surface area contributed by atoms with Crippen LogP contribution < -0.4 is 14.8 Å². The van der Waals surface area contributed by atoms with Gasteiger partial charge in [0.25, 0.3) is 10.0 Å². The Kier molecular flexibility index (Phi) is 7.07. The van der Waals surface area contributed by atoms with Crippen LogP contribution in [-0.2, 0) is 14.8 Å². The van der Waals surface area contributed by atoms with Gasteiger partial charge in [0, 0.05) is 29.7 Å². The third kappa shape index (κ3) is 5.10. The zero-order valence-electron chi connectivity index (χ0n) is 18.5. The van der Waals surface area contributed by atoms with Gasteiger partial charge in [-0.25, -0.2) is 8.42 Å². The lowest BCUT2D eigenvalue weighted by atomic mass is 9.98. The number of sulfonamides is 1. The molecule has 2 aromatic rings. The third-order valence-corrected chi connectivity index (χ3v) is 9.42. The summed E-state index contributed by atoms with van der Waals surface area (Å²) in [7, 11) is -1.98. The van der Waals surface area contributed by atoms with Crippen molar-refractivity contribution in [2.24, 2.45) is 5.92 Å². The Morgan fingerprint density at radius 1 is 1.09 bits per heavy atom. The maximum atomic E-state index is 13.0. The molecule has 32 heavy (non-hydrogen) atoms. The fourth-order valence-electron chi connectivity index (χ4n) is 4.33. The van der Waals surface area contributed by atoms with E-state index in [9.17, 15) is 13.2 Å². The lowest BCUT2D eigenvalue weighted by Crippen LogP contribution is -2.43. The molecule has 174 valence electrons. The van der Waals surface area contributed by atoms with Crippen molar-refractivity contribution < 1.29 is 22.7 Å². The van der Waals surface area contributed by atoms with Crippen LogP contribution in [0.4, 0.5) is 5.69 Å². The number of amides is 1. The minimum Gasteiger partial charge on any atom is -0.493 e. The van der Waals surface area contributed by atoms with Crippen molar-refractivity contribution in [3.63, 3.8) is 0 Å². The highest BCUT2D eigenvalue weighted by molar-refractivity contribution is 7.91. The number of carbonyl (C=O) groups is 1. The number of hydrogen-bond acceptors (Lipinski definition) is 6. The number of thiophene rings is 1. The Labute approximate surface area is 193 Å². The summed E-state index contributed by atoms with van der Waals surface area (Å²) in [6.07, 6.45) is 5.85. The molecule has 0 bridgehead atoms.